The van der Waals surface area contributed by atoms with Crippen LogP contribution in [-0.2, 0) is 4.74 Å². The maximum absolute atomic E-state index is 13.3. The van der Waals surface area contributed by atoms with Gasteiger partial charge in [0.2, 0.25) is 0 Å². The van der Waals surface area contributed by atoms with Crippen LogP contribution >= 0.6 is 0 Å². The molecule has 15 heavy (non-hydrogen) atoms. The van der Waals surface area contributed by atoms with E-state index in [-0.39, 0.29) is 11.9 Å². The van der Waals surface area contributed by atoms with Gasteiger partial charge in [0, 0.05) is 17.9 Å². The van der Waals surface area contributed by atoms with Gasteiger partial charge in [-0.15, -0.1) is 0 Å². The van der Waals surface area contributed by atoms with Crippen LogP contribution in [0.2, 0.25) is 0 Å². The molecule has 1 aromatic rings. The Morgan fingerprint density at radius 3 is 2.93 bits per heavy atom. The molecule has 2 nitrogen and oxygen atoms in total. The van der Waals surface area contributed by atoms with Crippen molar-refractivity contribution < 1.29 is 9.13 Å². The third-order valence-corrected chi connectivity index (χ3v) is 2.98. The van der Waals surface area contributed by atoms with Gasteiger partial charge in [-0.05, 0) is 32.4 Å². The number of halogens is 1. The Balaban J connectivity index is 2.13. The number of hydrogen-bond donors (Lipinski definition) is 1. The minimum absolute atomic E-state index is 0.161. The first-order chi connectivity index (χ1) is 7.18. The lowest BCUT2D eigenvalue weighted by Gasteiger charge is -2.19. The van der Waals surface area contributed by atoms with Gasteiger partial charge in [0.1, 0.15) is 5.82 Å². The molecular weight excluding hydrogens is 193 g/mol. The molecule has 0 bridgehead atoms. The minimum Gasteiger partial charge on any atom is -0.379 e. The molecule has 0 aromatic heterocycles. The zero-order valence-corrected chi connectivity index (χ0v) is 9.09. The van der Waals surface area contributed by atoms with E-state index in [1.165, 1.54) is 6.07 Å². The Kier molecular flexibility index (Phi) is 2.91. The number of nitrogens with one attached hydrogen (secondary N) is 1. The summed E-state index contributed by atoms with van der Waals surface area (Å²) in [6.07, 6.45) is 1.18. The van der Waals surface area contributed by atoms with E-state index < -0.39 is 0 Å². The highest BCUT2D eigenvalue weighted by molar-refractivity contribution is 5.51. The number of ether oxygens (including phenoxy) is 1. The molecule has 2 unspecified atom stereocenters. The quantitative estimate of drug-likeness (QED) is 0.808. The summed E-state index contributed by atoms with van der Waals surface area (Å²) in [5.41, 5.74) is 1.55. The third kappa shape index (κ3) is 2.12. The molecule has 0 amide bonds. The van der Waals surface area contributed by atoms with Gasteiger partial charge >= 0.3 is 0 Å². The normalized spacial score (nSPS) is 25.5. The molecular formula is C12H16FNO. The zero-order valence-electron chi connectivity index (χ0n) is 9.09. The van der Waals surface area contributed by atoms with Crippen LogP contribution < -0.4 is 5.32 Å². The van der Waals surface area contributed by atoms with Gasteiger partial charge in [-0.1, -0.05) is 6.07 Å². The summed E-state index contributed by atoms with van der Waals surface area (Å²) < 4.78 is 18.7. The lowest BCUT2D eigenvalue weighted by Crippen LogP contribution is -2.27. The summed E-state index contributed by atoms with van der Waals surface area (Å²) in [5, 5.41) is 3.33. The van der Waals surface area contributed by atoms with Crippen molar-refractivity contribution in [1.29, 1.82) is 0 Å². The van der Waals surface area contributed by atoms with E-state index in [9.17, 15) is 4.39 Å². The minimum atomic E-state index is -0.161. The van der Waals surface area contributed by atoms with E-state index in [0.717, 1.165) is 18.7 Å². The first-order valence-corrected chi connectivity index (χ1v) is 5.31. The van der Waals surface area contributed by atoms with Crippen molar-refractivity contribution >= 4 is 5.69 Å². The number of rotatable bonds is 2. The Bertz CT molecular complexity index is 353. The second-order valence-corrected chi connectivity index (χ2v) is 4.03. The largest absolute Gasteiger partial charge is 0.379 e. The van der Waals surface area contributed by atoms with E-state index in [1.54, 1.807) is 13.0 Å². The monoisotopic (exact) mass is 209 g/mol. The molecule has 1 aliphatic heterocycles. The van der Waals surface area contributed by atoms with Crippen molar-refractivity contribution in [3.63, 3.8) is 0 Å². The van der Waals surface area contributed by atoms with Gasteiger partial charge in [-0.25, -0.2) is 4.39 Å². The Hall–Kier alpha value is -1.09. The second-order valence-electron chi connectivity index (χ2n) is 4.03. The molecule has 0 radical (unpaired) electrons. The predicted molar refractivity (Wildman–Crippen MR) is 58.6 cm³/mol. The molecule has 3 heteroatoms. The maximum atomic E-state index is 13.3. The fraction of sp³-hybridized carbons (Fsp3) is 0.500. The average molecular weight is 209 g/mol. The average Bonchev–Trinajstić information content (AvgIpc) is 2.60. The van der Waals surface area contributed by atoms with Crippen molar-refractivity contribution in [2.45, 2.75) is 32.4 Å². The lowest BCUT2D eigenvalue weighted by molar-refractivity contribution is 0.121. The van der Waals surface area contributed by atoms with Crippen molar-refractivity contribution in [2.75, 3.05) is 11.9 Å². The van der Waals surface area contributed by atoms with Crippen LogP contribution in [0, 0.1) is 12.7 Å². The molecule has 0 saturated carbocycles. The van der Waals surface area contributed by atoms with Crippen LogP contribution in [0.3, 0.4) is 0 Å². The standard InChI is InChI=1S/C12H16FNO/c1-8-10(13)4-3-5-11(8)14-12-6-7-15-9(12)2/h3-5,9,12,14H,6-7H2,1-2H3. The fourth-order valence-electron chi connectivity index (χ4n) is 1.88. The molecule has 0 spiro atoms. The molecule has 1 fully saturated rings. The second kappa shape index (κ2) is 4.19. The van der Waals surface area contributed by atoms with Crippen LogP contribution in [0.1, 0.15) is 18.9 Å². The Labute approximate surface area is 89.4 Å². The predicted octanol–water partition coefficient (Wildman–Crippen LogP) is 2.72. The van der Waals surface area contributed by atoms with Crippen molar-refractivity contribution in [1.82, 2.24) is 0 Å². The molecule has 2 rings (SSSR count). The lowest BCUT2D eigenvalue weighted by atomic mass is 10.1. The molecule has 1 aliphatic rings. The third-order valence-electron chi connectivity index (χ3n) is 2.98. The number of benzene rings is 1. The first-order valence-electron chi connectivity index (χ1n) is 5.31. The van der Waals surface area contributed by atoms with Crippen LogP contribution in [0.5, 0.6) is 0 Å². The van der Waals surface area contributed by atoms with Crippen molar-refractivity contribution in [3.8, 4) is 0 Å². The van der Waals surface area contributed by atoms with Gasteiger partial charge in [-0.2, -0.15) is 0 Å². The highest BCUT2D eigenvalue weighted by Crippen LogP contribution is 2.22. The zero-order chi connectivity index (χ0) is 10.8. The van der Waals surface area contributed by atoms with Gasteiger partial charge in [-0.3, -0.25) is 0 Å². The fourth-order valence-corrected chi connectivity index (χ4v) is 1.88. The van der Waals surface area contributed by atoms with Gasteiger partial charge in [0.15, 0.2) is 0 Å². The maximum Gasteiger partial charge on any atom is 0.128 e. The van der Waals surface area contributed by atoms with E-state index in [2.05, 4.69) is 5.32 Å². The van der Waals surface area contributed by atoms with Gasteiger partial charge in [0.05, 0.1) is 12.1 Å². The van der Waals surface area contributed by atoms with Crippen LogP contribution in [-0.4, -0.2) is 18.8 Å². The van der Waals surface area contributed by atoms with E-state index in [0.29, 0.717) is 11.6 Å². The topological polar surface area (TPSA) is 21.3 Å². The Morgan fingerprint density at radius 1 is 1.47 bits per heavy atom. The molecule has 1 N–H and O–H groups in total. The van der Waals surface area contributed by atoms with Gasteiger partial charge in [0.25, 0.3) is 0 Å². The van der Waals surface area contributed by atoms with E-state index in [4.69, 9.17) is 4.74 Å². The Morgan fingerprint density at radius 2 is 2.27 bits per heavy atom. The summed E-state index contributed by atoms with van der Waals surface area (Å²) in [6.45, 7) is 4.62. The summed E-state index contributed by atoms with van der Waals surface area (Å²) in [7, 11) is 0. The summed E-state index contributed by atoms with van der Waals surface area (Å²) in [5.74, 6) is -0.161. The summed E-state index contributed by atoms with van der Waals surface area (Å²) >= 11 is 0. The van der Waals surface area contributed by atoms with Crippen molar-refractivity contribution in [2.24, 2.45) is 0 Å². The highest BCUT2D eigenvalue weighted by Gasteiger charge is 2.24. The van der Waals surface area contributed by atoms with Crippen LogP contribution in [0.25, 0.3) is 0 Å². The smallest absolute Gasteiger partial charge is 0.128 e. The van der Waals surface area contributed by atoms with Crippen molar-refractivity contribution in [3.05, 3.63) is 29.6 Å². The molecule has 0 aliphatic carbocycles. The first kappa shape index (κ1) is 10.4. The molecule has 1 aromatic carbocycles. The molecule has 1 saturated heterocycles. The molecule has 82 valence electrons. The SMILES string of the molecule is Cc1c(F)cccc1NC1CCOC1C. The number of anilines is 1. The number of hydrogen-bond acceptors (Lipinski definition) is 2. The van der Waals surface area contributed by atoms with E-state index >= 15 is 0 Å². The molecule has 1 heterocycles. The summed E-state index contributed by atoms with van der Waals surface area (Å²) in [4.78, 5) is 0. The van der Waals surface area contributed by atoms with Gasteiger partial charge < -0.3 is 10.1 Å². The van der Waals surface area contributed by atoms with Crippen LogP contribution in [0.15, 0.2) is 18.2 Å². The highest BCUT2D eigenvalue weighted by atomic mass is 19.1. The van der Waals surface area contributed by atoms with E-state index in [1.807, 2.05) is 13.0 Å². The molecule has 2 atom stereocenters. The van der Waals surface area contributed by atoms with Crippen LogP contribution in [0.4, 0.5) is 10.1 Å². The summed E-state index contributed by atoms with van der Waals surface area (Å²) in [6, 6.07) is 5.41.